The van der Waals surface area contributed by atoms with Gasteiger partial charge >= 0.3 is 0 Å². The molecule has 1 aliphatic heterocycles. The summed E-state index contributed by atoms with van der Waals surface area (Å²) < 4.78 is 25.8. The van der Waals surface area contributed by atoms with Crippen LogP contribution in [-0.2, 0) is 14.3 Å². The predicted octanol–water partition coefficient (Wildman–Crippen LogP) is 5.15. The van der Waals surface area contributed by atoms with Gasteiger partial charge < -0.3 is 9.47 Å². The van der Waals surface area contributed by atoms with E-state index in [1.165, 1.54) is 6.07 Å². The van der Waals surface area contributed by atoms with E-state index in [0.717, 1.165) is 24.8 Å². The van der Waals surface area contributed by atoms with Gasteiger partial charge in [0.1, 0.15) is 5.82 Å². The number of Topliss-reactive ketones (excluding diaryl/α,β-unsaturated/α-hetero) is 1. The molecule has 1 aromatic carbocycles. The molecule has 26 heavy (non-hydrogen) atoms. The van der Waals surface area contributed by atoms with Crippen molar-refractivity contribution in [2.24, 2.45) is 11.3 Å². The van der Waals surface area contributed by atoms with Crippen molar-refractivity contribution in [3.8, 4) is 0 Å². The second-order valence-electron chi connectivity index (χ2n) is 8.10. The highest BCUT2D eigenvalue weighted by atomic mass is 19.1. The summed E-state index contributed by atoms with van der Waals surface area (Å²) in [4.78, 5) is 13.2. The van der Waals surface area contributed by atoms with Gasteiger partial charge in [-0.1, -0.05) is 39.0 Å². The maximum atomic E-state index is 14.0. The molecule has 3 rings (SSSR count). The molecular weight excluding hydrogens is 331 g/mol. The van der Waals surface area contributed by atoms with Crippen LogP contribution in [0, 0.1) is 17.2 Å². The first-order valence-electron chi connectivity index (χ1n) is 9.64. The van der Waals surface area contributed by atoms with Gasteiger partial charge in [0.05, 0.1) is 13.2 Å². The Hall–Kier alpha value is -1.52. The Labute approximate surface area is 155 Å². The Balaban J connectivity index is 1.77. The number of hydrogen-bond donors (Lipinski definition) is 0. The standard InChI is InChI=1S/C22H29FO3/c1-16(2)22(25-13-14-26-22)12-11-21(3)10-6-8-18(20(21)24)15-17-7-4-5-9-19(17)23/h4-5,7,9,15-16H,6,8,10-14H2,1-3H3/b18-15+/t21-/m0/s1. The van der Waals surface area contributed by atoms with Gasteiger partial charge in [0.2, 0.25) is 0 Å². The normalized spacial score (nSPS) is 27.4. The van der Waals surface area contributed by atoms with Crippen LogP contribution in [0.15, 0.2) is 29.8 Å². The molecule has 1 aromatic rings. The van der Waals surface area contributed by atoms with Gasteiger partial charge in [0, 0.05) is 23.3 Å². The lowest BCUT2D eigenvalue weighted by Crippen LogP contribution is -2.40. The quantitative estimate of drug-likeness (QED) is 0.682. The van der Waals surface area contributed by atoms with E-state index in [-0.39, 0.29) is 17.5 Å². The van der Waals surface area contributed by atoms with Crippen molar-refractivity contribution in [3.63, 3.8) is 0 Å². The second-order valence-corrected chi connectivity index (χ2v) is 8.10. The lowest BCUT2D eigenvalue weighted by atomic mass is 9.68. The van der Waals surface area contributed by atoms with Gasteiger partial charge in [-0.3, -0.25) is 4.79 Å². The molecule has 3 nitrogen and oxygen atoms in total. The maximum absolute atomic E-state index is 14.0. The Morgan fingerprint density at radius 3 is 2.54 bits per heavy atom. The van der Waals surface area contributed by atoms with E-state index in [1.807, 2.05) is 6.92 Å². The molecule has 1 heterocycles. The molecule has 142 valence electrons. The van der Waals surface area contributed by atoms with Crippen molar-refractivity contribution in [1.82, 2.24) is 0 Å². The minimum atomic E-state index is -0.573. The molecule has 0 radical (unpaired) electrons. The fraction of sp³-hybridized carbons (Fsp3) is 0.591. The predicted molar refractivity (Wildman–Crippen MR) is 100 cm³/mol. The lowest BCUT2D eigenvalue weighted by molar-refractivity contribution is -0.196. The Bertz CT molecular complexity index is 688. The lowest BCUT2D eigenvalue weighted by Gasteiger charge is -2.38. The third-order valence-corrected chi connectivity index (χ3v) is 5.93. The molecule has 1 atom stereocenters. The van der Waals surface area contributed by atoms with Crippen LogP contribution in [0.25, 0.3) is 6.08 Å². The number of hydrogen-bond acceptors (Lipinski definition) is 3. The largest absolute Gasteiger partial charge is 0.347 e. The highest BCUT2D eigenvalue weighted by molar-refractivity contribution is 6.03. The van der Waals surface area contributed by atoms with E-state index in [1.54, 1.807) is 24.3 Å². The number of allylic oxidation sites excluding steroid dienone is 1. The zero-order chi connectivity index (χ0) is 18.8. The van der Waals surface area contributed by atoms with Crippen molar-refractivity contribution >= 4 is 11.9 Å². The maximum Gasteiger partial charge on any atom is 0.170 e. The van der Waals surface area contributed by atoms with E-state index in [2.05, 4.69) is 13.8 Å². The summed E-state index contributed by atoms with van der Waals surface area (Å²) in [6.07, 6.45) is 5.67. The van der Waals surface area contributed by atoms with Gasteiger partial charge in [0.25, 0.3) is 0 Å². The highest BCUT2D eigenvalue weighted by Gasteiger charge is 2.44. The first kappa shape index (κ1) is 19.2. The van der Waals surface area contributed by atoms with Crippen LogP contribution in [0.2, 0.25) is 0 Å². The third kappa shape index (κ3) is 3.77. The van der Waals surface area contributed by atoms with Crippen molar-refractivity contribution in [3.05, 3.63) is 41.2 Å². The van der Waals surface area contributed by atoms with E-state index in [9.17, 15) is 9.18 Å². The number of ether oxygens (including phenoxy) is 2. The Morgan fingerprint density at radius 1 is 1.19 bits per heavy atom. The summed E-state index contributed by atoms with van der Waals surface area (Å²) in [7, 11) is 0. The summed E-state index contributed by atoms with van der Waals surface area (Å²) in [5.74, 6) is -0.480. The Kier molecular flexibility index (Phi) is 5.64. The molecule has 0 amide bonds. The summed E-state index contributed by atoms with van der Waals surface area (Å²) in [5.41, 5.74) is 0.781. The first-order chi connectivity index (χ1) is 12.4. The van der Waals surface area contributed by atoms with Crippen LogP contribution in [0.5, 0.6) is 0 Å². The minimum Gasteiger partial charge on any atom is -0.347 e. The fourth-order valence-electron chi connectivity index (χ4n) is 4.13. The first-order valence-corrected chi connectivity index (χ1v) is 9.64. The molecule has 1 saturated heterocycles. The van der Waals surface area contributed by atoms with Gasteiger partial charge in [-0.2, -0.15) is 0 Å². The monoisotopic (exact) mass is 360 g/mol. The van der Waals surface area contributed by atoms with Crippen molar-refractivity contribution < 1.29 is 18.7 Å². The van der Waals surface area contributed by atoms with E-state index in [4.69, 9.17) is 9.47 Å². The average Bonchev–Trinajstić information content (AvgIpc) is 3.10. The van der Waals surface area contributed by atoms with E-state index >= 15 is 0 Å². The summed E-state index contributed by atoms with van der Waals surface area (Å²) in [5, 5.41) is 0. The average molecular weight is 360 g/mol. The third-order valence-electron chi connectivity index (χ3n) is 5.93. The molecule has 2 fully saturated rings. The molecule has 2 aliphatic rings. The van der Waals surface area contributed by atoms with Crippen molar-refractivity contribution in [2.45, 2.75) is 58.7 Å². The number of benzene rings is 1. The van der Waals surface area contributed by atoms with Gasteiger partial charge in [0.15, 0.2) is 11.6 Å². The molecule has 0 N–H and O–H groups in total. The molecular formula is C22H29FO3. The molecule has 4 heteroatoms. The number of carbonyl (C=O) groups is 1. The molecule has 0 aromatic heterocycles. The van der Waals surface area contributed by atoms with E-state index in [0.29, 0.717) is 31.6 Å². The summed E-state index contributed by atoms with van der Waals surface area (Å²) >= 11 is 0. The number of rotatable bonds is 5. The van der Waals surface area contributed by atoms with Crippen LogP contribution in [0.1, 0.15) is 58.4 Å². The molecule has 0 bridgehead atoms. The molecule has 1 aliphatic carbocycles. The van der Waals surface area contributed by atoms with E-state index < -0.39 is 11.2 Å². The minimum absolute atomic E-state index is 0.143. The summed E-state index contributed by atoms with van der Waals surface area (Å²) in [6, 6.07) is 6.61. The van der Waals surface area contributed by atoms with Crippen LogP contribution in [0.3, 0.4) is 0 Å². The van der Waals surface area contributed by atoms with Crippen LogP contribution >= 0.6 is 0 Å². The van der Waals surface area contributed by atoms with Gasteiger partial charge in [-0.15, -0.1) is 0 Å². The molecule has 0 unspecified atom stereocenters. The smallest absolute Gasteiger partial charge is 0.170 e. The number of halogens is 1. The topological polar surface area (TPSA) is 35.5 Å². The molecule has 0 spiro atoms. The van der Waals surface area contributed by atoms with Crippen molar-refractivity contribution in [2.75, 3.05) is 13.2 Å². The zero-order valence-corrected chi connectivity index (χ0v) is 16.0. The number of carbonyl (C=O) groups excluding carboxylic acids is 1. The van der Waals surface area contributed by atoms with Gasteiger partial charge in [-0.25, -0.2) is 4.39 Å². The SMILES string of the molecule is CC(C)C1(CC[C@]2(C)CCC/C(=C\c3ccccc3F)C2=O)OCCO1. The second kappa shape index (κ2) is 7.61. The molecule has 1 saturated carbocycles. The van der Waals surface area contributed by atoms with Crippen LogP contribution in [-0.4, -0.2) is 24.8 Å². The zero-order valence-electron chi connectivity index (χ0n) is 16.0. The van der Waals surface area contributed by atoms with Gasteiger partial charge in [-0.05, 0) is 43.4 Å². The highest BCUT2D eigenvalue weighted by Crippen LogP contribution is 2.43. The van der Waals surface area contributed by atoms with Crippen LogP contribution in [0.4, 0.5) is 4.39 Å². The van der Waals surface area contributed by atoms with Crippen LogP contribution < -0.4 is 0 Å². The fourth-order valence-corrected chi connectivity index (χ4v) is 4.13. The Morgan fingerprint density at radius 2 is 1.88 bits per heavy atom. The number of ketones is 1. The van der Waals surface area contributed by atoms with Crippen molar-refractivity contribution in [1.29, 1.82) is 0 Å². The summed E-state index contributed by atoms with van der Waals surface area (Å²) in [6.45, 7) is 7.45.